The van der Waals surface area contributed by atoms with E-state index in [0.717, 1.165) is 0 Å². The first kappa shape index (κ1) is 15.6. The van der Waals surface area contributed by atoms with E-state index in [-0.39, 0.29) is 12.8 Å². The molecule has 6 heteroatoms. The van der Waals surface area contributed by atoms with Crippen molar-refractivity contribution in [3.63, 3.8) is 0 Å². The van der Waals surface area contributed by atoms with E-state index >= 15 is 0 Å². The highest BCUT2D eigenvalue weighted by Crippen LogP contribution is 2.41. The maximum absolute atomic E-state index is 14.4. The molecule has 0 aliphatic carbocycles. The molecule has 0 amide bonds. The summed E-state index contributed by atoms with van der Waals surface area (Å²) >= 11 is 0. The Labute approximate surface area is 122 Å². The minimum absolute atomic E-state index is 0.0677. The molecule has 21 heavy (non-hydrogen) atoms. The van der Waals surface area contributed by atoms with E-state index in [9.17, 15) is 9.18 Å². The van der Waals surface area contributed by atoms with Crippen molar-refractivity contribution in [2.24, 2.45) is 5.73 Å². The second kappa shape index (κ2) is 5.89. The summed E-state index contributed by atoms with van der Waals surface area (Å²) in [7, 11) is 0. The molecule has 0 saturated heterocycles. The van der Waals surface area contributed by atoms with E-state index < -0.39 is 17.7 Å². The Balaban J connectivity index is 2.39. The van der Waals surface area contributed by atoms with Gasteiger partial charge in [-0.1, -0.05) is 0 Å². The van der Waals surface area contributed by atoms with Crippen LogP contribution in [-0.2, 0) is 10.5 Å². The lowest BCUT2D eigenvalue weighted by molar-refractivity contribution is -0.137. The van der Waals surface area contributed by atoms with E-state index in [1.807, 2.05) is 0 Å². The fraction of sp³-hybridized carbons (Fsp3) is 0.533. The van der Waals surface area contributed by atoms with Gasteiger partial charge < -0.3 is 20.3 Å². The van der Waals surface area contributed by atoms with Crippen molar-refractivity contribution in [1.29, 1.82) is 0 Å². The number of carboxylic acid groups (broad SMARTS) is 1. The van der Waals surface area contributed by atoms with Gasteiger partial charge in [0.2, 0.25) is 0 Å². The molecule has 0 spiro atoms. The highest BCUT2D eigenvalue weighted by Gasteiger charge is 2.28. The topological polar surface area (TPSA) is 81.8 Å². The van der Waals surface area contributed by atoms with E-state index in [1.54, 1.807) is 12.1 Å². The number of alkyl halides is 1. The molecule has 3 N–H and O–H groups in total. The summed E-state index contributed by atoms with van der Waals surface area (Å²) in [6.07, 6.45) is 0.166. The molecule has 0 bridgehead atoms. The van der Waals surface area contributed by atoms with E-state index in [0.29, 0.717) is 35.8 Å². The van der Waals surface area contributed by atoms with Crippen molar-refractivity contribution < 1.29 is 23.8 Å². The smallest absolute Gasteiger partial charge is 0.303 e. The van der Waals surface area contributed by atoms with Crippen LogP contribution in [0, 0.1) is 0 Å². The number of ether oxygens (including phenoxy) is 2. The molecule has 1 aliphatic rings. The molecule has 1 heterocycles. The maximum atomic E-state index is 14.4. The average molecular weight is 297 g/mol. The molecular weight excluding hydrogens is 277 g/mol. The first-order valence-corrected chi connectivity index (χ1v) is 6.89. The van der Waals surface area contributed by atoms with Gasteiger partial charge in [0.25, 0.3) is 0 Å². The van der Waals surface area contributed by atoms with Gasteiger partial charge in [-0.3, -0.25) is 4.79 Å². The van der Waals surface area contributed by atoms with Crippen molar-refractivity contribution in [2.45, 2.75) is 38.4 Å². The summed E-state index contributed by atoms with van der Waals surface area (Å²) in [6, 6.07) is 2.70. The zero-order chi connectivity index (χ0) is 15.6. The molecule has 0 radical (unpaired) electrons. The van der Waals surface area contributed by atoms with Crippen LogP contribution in [0.15, 0.2) is 12.1 Å². The van der Waals surface area contributed by atoms with Gasteiger partial charge in [-0.2, -0.15) is 0 Å². The zero-order valence-corrected chi connectivity index (χ0v) is 12.2. The molecular formula is C15H20FNO4. The van der Waals surface area contributed by atoms with Gasteiger partial charge >= 0.3 is 5.97 Å². The van der Waals surface area contributed by atoms with Gasteiger partial charge in [-0.15, -0.1) is 0 Å². The summed E-state index contributed by atoms with van der Waals surface area (Å²) in [5, 5.41) is 8.76. The van der Waals surface area contributed by atoms with Gasteiger partial charge in [-0.25, -0.2) is 4.39 Å². The van der Waals surface area contributed by atoms with Crippen LogP contribution in [-0.4, -0.2) is 24.3 Å². The number of carboxylic acids is 1. The van der Waals surface area contributed by atoms with Crippen molar-refractivity contribution >= 4 is 5.97 Å². The standard InChI is InChI=1S/C15H20FNO4/c1-15(2,16)10-8-13-12(20-5-6-21-13)7-9(10)11(17)3-4-14(18)19/h7-8,11H,3-6,17H2,1-2H3,(H,18,19). The number of carbonyl (C=O) groups is 1. The fourth-order valence-electron chi connectivity index (χ4n) is 2.36. The monoisotopic (exact) mass is 297 g/mol. The molecule has 0 aromatic heterocycles. The van der Waals surface area contributed by atoms with Crippen LogP contribution in [0.25, 0.3) is 0 Å². The number of nitrogens with two attached hydrogens (primary N) is 1. The third-order valence-electron chi connectivity index (χ3n) is 3.42. The zero-order valence-electron chi connectivity index (χ0n) is 12.2. The van der Waals surface area contributed by atoms with Gasteiger partial charge in [0.05, 0.1) is 0 Å². The van der Waals surface area contributed by atoms with E-state index in [4.69, 9.17) is 20.3 Å². The van der Waals surface area contributed by atoms with E-state index in [1.165, 1.54) is 13.8 Å². The minimum Gasteiger partial charge on any atom is -0.486 e. The second-order valence-corrected chi connectivity index (χ2v) is 5.59. The molecule has 0 fully saturated rings. The molecule has 1 aromatic rings. The molecule has 1 aliphatic heterocycles. The number of rotatable bonds is 5. The quantitative estimate of drug-likeness (QED) is 0.872. The van der Waals surface area contributed by atoms with Crippen LogP contribution in [0.2, 0.25) is 0 Å². The number of benzene rings is 1. The number of hydrogen-bond donors (Lipinski definition) is 2. The predicted molar refractivity (Wildman–Crippen MR) is 75.4 cm³/mol. The Morgan fingerprint density at radius 1 is 1.38 bits per heavy atom. The molecule has 1 aromatic carbocycles. The molecule has 1 atom stereocenters. The third-order valence-corrected chi connectivity index (χ3v) is 3.42. The highest BCUT2D eigenvalue weighted by molar-refractivity contribution is 5.66. The van der Waals surface area contributed by atoms with Crippen LogP contribution in [0.3, 0.4) is 0 Å². The Hall–Kier alpha value is -1.82. The van der Waals surface area contributed by atoms with Crippen molar-refractivity contribution in [1.82, 2.24) is 0 Å². The molecule has 1 unspecified atom stereocenters. The van der Waals surface area contributed by atoms with Gasteiger partial charge in [0, 0.05) is 12.5 Å². The van der Waals surface area contributed by atoms with Crippen LogP contribution >= 0.6 is 0 Å². The molecule has 5 nitrogen and oxygen atoms in total. The largest absolute Gasteiger partial charge is 0.486 e. The maximum Gasteiger partial charge on any atom is 0.303 e. The Morgan fingerprint density at radius 2 is 1.95 bits per heavy atom. The fourth-order valence-corrected chi connectivity index (χ4v) is 2.36. The van der Waals surface area contributed by atoms with Gasteiger partial charge in [0.15, 0.2) is 11.5 Å². The second-order valence-electron chi connectivity index (χ2n) is 5.59. The summed E-state index contributed by atoms with van der Waals surface area (Å²) in [5.41, 5.74) is 5.41. The molecule has 2 rings (SSSR count). The number of halogens is 1. The Kier molecular flexibility index (Phi) is 4.37. The third kappa shape index (κ3) is 3.64. The minimum atomic E-state index is -1.61. The van der Waals surface area contributed by atoms with Crippen molar-refractivity contribution in [3.8, 4) is 11.5 Å². The first-order chi connectivity index (χ1) is 9.79. The summed E-state index contributed by atoms with van der Waals surface area (Å²) in [4.78, 5) is 10.7. The van der Waals surface area contributed by atoms with Crippen molar-refractivity contribution in [3.05, 3.63) is 23.3 Å². The highest BCUT2D eigenvalue weighted by atomic mass is 19.1. The lowest BCUT2D eigenvalue weighted by atomic mass is 9.88. The van der Waals surface area contributed by atoms with Crippen LogP contribution < -0.4 is 15.2 Å². The van der Waals surface area contributed by atoms with Gasteiger partial charge in [0.1, 0.15) is 18.9 Å². The predicted octanol–water partition coefficient (Wildman–Crippen LogP) is 2.53. The number of aliphatic carboxylic acids is 1. The lowest BCUT2D eigenvalue weighted by Gasteiger charge is -2.27. The first-order valence-electron chi connectivity index (χ1n) is 6.89. The summed E-state index contributed by atoms with van der Waals surface area (Å²) < 4.78 is 25.4. The number of fused-ring (bicyclic) bond motifs is 1. The SMILES string of the molecule is CC(C)(F)c1cc2c(cc1C(N)CCC(=O)O)OCCO2. The summed E-state index contributed by atoms with van der Waals surface area (Å²) in [5.74, 6) is 0.0928. The summed E-state index contributed by atoms with van der Waals surface area (Å²) in [6.45, 7) is 3.72. The van der Waals surface area contributed by atoms with Crippen LogP contribution in [0.5, 0.6) is 11.5 Å². The Morgan fingerprint density at radius 3 is 2.48 bits per heavy atom. The lowest BCUT2D eigenvalue weighted by Crippen LogP contribution is -2.22. The van der Waals surface area contributed by atoms with Gasteiger partial charge in [-0.05, 0) is 43.5 Å². The van der Waals surface area contributed by atoms with E-state index in [2.05, 4.69) is 0 Å². The van der Waals surface area contributed by atoms with Crippen LogP contribution in [0.1, 0.15) is 43.9 Å². The van der Waals surface area contributed by atoms with Crippen molar-refractivity contribution in [2.75, 3.05) is 13.2 Å². The molecule has 0 saturated carbocycles. The van der Waals surface area contributed by atoms with Crippen LogP contribution in [0.4, 0.5) is 4.39 Å². The Bertz CT molecular complexity index is 539. The normalized spacial score (nSPS) is 15.6. The average Bonchev–Trinajstić information content (AvgIpc) is 2.42. The number of hydrogen-bond acceptors (Lipinski definition) is 4. The molecule has 116 valence electrons.